The summed E-state index contributed by atoms with van der Waals surface area (Å²) in [5.74, 6) is -10.5. The van der Waals surface area contributed by atoms with Crippen LogP contribution in [0.4, 0.5) is 26.3 Å². The van der Waals surface area contributed by atoms with E-state index < -0.39 is 51.2 Å². The Balaban J connectivity index is 3.12. The third-order valence-corrected chi connectivity index (χ3v) is 2.38. The SMILES string of the molecule is Cc1c(F)c(F)c2[c]c(F)c(F)c(F)c2c1F. The van der Waals surface area contributed by atoms with E-state index in [2.05, 4.69) is 0 Å². The zero-order valence-electron chi connectivity index (χ0n) is 8.27. The first-order valence-corrected chi connectivity index (χ1v) is 4.38. The smallest absolute Gasteiger partial charge is 0.195 e. The van der Waals surface area contributed by atoms with Crippen LogP contribution in [0.15, 0.2) is 0 Å². The summed E-state index contributed by atoms with van der Waals surface area (Å²) in [7, 11) is 0. The highest BCUT2D eigenvalue weighted by molar-refractivity contribution is 5.85. The van der Waals surface area contributed by atoms with Gasteiger partial charge in [0.15, 0.2) is 29.1 Å². The molecule has 2 aromatic carbocycles. The van der Waals surface area contributed by atoms with Crippen molar-refractivity contribution in [3.8, 4) is 0 Å². The van der Waals surface area contributed by atoms with Crippen LogP contribution < -0.4 is 0 Å². The Bertz CT molecular complexity index is 624. The summed E-state index contributed by atoms with van der Waals surface area (Å²) >= 11 is 0. The minimum absolute atomic E-state index is 0.812. The van der Waals surface area contributed by atoms with Gasteiger partial charge in [0.05, 0.1) is 5.39 Å². The molecular formula is C11H3F6. The van der Waals surface area contributed by atoms with Gasteiger partial charge in [-0.15, -0.1) is 0 Å². The van der Waals surface area contributed by atoms with Crippen LogP contribution in [0.2, 0.25) is 0 Å². The van der Waals surface area contributed by atoms with Gasteiger partial charge in [-0.2, -0.15) is 0 Å². The molecule has 1 radical (unpaired) electrons. The zero-order valence-corrected chi connectivity index (χ0v) is 8.27. The fourth-order valence-electron chi connectivity index (χ4n) is 1.47. The van der Waals surface area contributed by atoms with Crippen molar-refractivity contribution in [1.82, 2.24) is 0 Å². The molecule has 89 valence electrons. The molecule has 0 N–H and O–H groups in total. The standard InChI is InChI=1S/C11H3F6/c1-3-7(13)6-4(9(15)8(3)14)2-5(12)10(16)11(6)17/h1H3. The highest BCUT2D eigenvalue weighted by Gasteiger charge is 2.24. The van der Waals surface area contributed by atoms with Crippen LogP contribution >= 0.6 is 0 Å². The fourth-order valence-corrected chi connectivity index (χ4v) is 1.47. The third kappa shape index (κ3) is 1.47. The molecule has 6 heteroatoms. The van der Waals surface area contributed by atoms with E-state index in [1.165, 1.54) is 6.07 Å². The Morgan fingerprint density at radius 1 is 0.706 bits per heavy atom. The fraction of sp³-hybridized carbons (Fsp3) is 0.0909. The van der Waals surface area contributed by atoms with Gasteiger partial charge >= 0.3 is 0 Å². The van der Waals surface area contributed by atoms with Gasteiger partial charge in [-0.1, -0.05) is 0 Å². The number of fused-ring (bicyclic) bond motifs is 1. The van der Waals surface area contributed by atoms with Crippen molar-refractivity contribution in [2.75, 3.05) is 0 Å². The van der Waals surface area contributed by atoms with E-state index in [9.17, 15) is 26.3 Å². The van der Waals surface area contributed by atoms with Gasteiger partial charge < -0.3 is 0 Å². The van der Waals surface area contributed by atoms with Gasteiger partial charge in [-0.3, -0.25) is 0 Å². The lowest BCUT2D eigenvalue weighted by molar-refractivity contribution is 0.446. The number of hydrogen-bond acceptors (Lipinski definition) is 0. The molecule has 0 saturated heterocycles. The highest BCUT2D eigenvalue weighted by atomic mass is 19.2. The maximum atomic E-state index is 13.5. The van der Waals surface area contributed by atoms with Crippen molar-refractivity contribution in [1.29, 1.82) is 0 Å². The minimum atomic E-state index is -1.98. The van der Waals surface area contributed by atoms with Crippen molar-refractivity contribution in [3.05, 3.63) is 46.5 Å². The Labute approximate surface area is 91.5 Å². The molecule has 0 aliphatic heterocycles. The summed E-state index contributed by atoms with van der Waals surface area (Å²) in [4.78, 5) is 0. The van der Waals surface area contributed by atoms with Crippen LogP contribution in [-0.4, -0.2) is 0 Å². The maximum absolute atomic E-state index is 13.5. The van der Waals surface area contributed by atoms with E-state index in [0.29, 0.717) is 0 Å². The first kappa shape index (κ1) is 11.8. The van der Waals surface area contributed by atoms with Crippen LogP contribution in [0.3, 0.4) is 0 Å². The first-order chi connectivity index (χ1) is 7.86. The molecule has 17 heavy (non-hydrogen) atoms. The Hall–Kier alpha value is -1.72. The Morgan fingerprint density at radius 3 is 1.88 bits per heavy atom. The van der Waals surface area contributed by atoms with Crippen molar-refractivity contribution in [2.45, 2.75) is 6.92 Å². The summed E-state index contributed by atoms with van der Waals surface area (Å²) in [5, 5.41) is -2.25. The molecule has 0 amide bonds. The van der Waals surface area contributed by atoms with Gasteiger partial charge in [0, 0.05) is 17.0 Å². The predicted octanol–water partition coefficient (Wildman–Crippen LogP) is 3.78. The van der Waals surface area contributed by atoms with E-state index in [1.807, 2.05) is 0 Å². The molecule has 0 aromatic heterocycles. The Morgan fingerprint density at radius 2 is 1.29 bits per heavy atom. The van der Waals surface area contributed by atoms with Crippen molar-refractivity contribution < 1.29 is 26.3 Å². The average molecular weight is 249 g/mol. The highest BCUT2D eigenvalue weighted by Crippen LogP contribution is 2.31. The molecule has 2 rings (SSSR count). The summed E-state index contributed by atoms with van der Waals surface area (Å²) in [6, 6.07) is 1.44. The first-order valence-electron chi connectivity index (χ1n) is 4.38. The van der Waals surface area contributed by atoms with E-state index in [-0.39, 0.29) is 0 Å². The van der Waals surface area contributed by atoms with Crippen molar-refractivity contribution >= 4 is 10.8 Å². The van der Waals surface area contributed by atoms with Gasteiger partial charge in [0.25, 0.3) is 0 Å². The topological polar surface area (TPSA) is 0 Å². The summed E-state index contributed by atoms with van der Waals surface area (Å²) in [6.07, 6.45) is 0. The lowest BCUT2D eigenvalue weighted by atomic mass is 10.0. The molecule has 0 nitrogen and oxygen atoms in total. The molecule has 0 atom stereocenters. The van der Waals surface area contributed by atoms with Crippen LogP contribution in [0.5, 0.6) is 0 Å². The number of rotatable bonds is 0. The zero-order chi connectivity index (χ0) is 12.9. The molecule has 0 saturated carbocycles. The lowest BCUT2D eigenvalue weighted by Crippen LogP contribution is -2.02. The van der Waals surface area contributed by atoms with E-state index in [4.69, 9.17) is 0 Å². The predicted molar refractivity (Wildman–Crippen MR) is 47.3 cm³/mol. The van der Waals surface area contributed by atoms with Crippen LogP contribution in [0, 0.1) is 47.9 Å². The molecule has 2 aromatic rings. The summed E-state index contributed by atoms with van der Waals surface area (Å²) in [6.45, 7) is 0.855. The lowest BCUT2D eigenvalue weighted by Gasteiger charge is -2.08. The maximum Gasteiger partial charge on any atom is 0.195 e. The molecule has 0 spiro atoms. The van der Waals surface area contributed by atoms with Gasteiger partial charge in [-0.05, 0) is 6.92 Å². The second kappa shape index (κ2) is 3.65. The van der Waals surface area contributed by atoms with Crippen LogP contribution in [-0.2, 0) is 0 Å². The molecule has 0 heterocycles. The Kier molecular flexibility index (Phi) is 2.52. The number of hydrogen-bond donors (Lipinski definition) is 0. The van der Waals surface area contributed by atoms with Crippen LogP contribution in [0.1, 0.15) is 5.56 Å². The molecule has 0 aliphatic carbocycles. The number of halogens is 6. The second-order valence-electron chi connectivity index (χ2n) is 3.38. The van der Waals surface area contributed by atoms with E-state index in [1.54, 1.807) is 0 Å². The van der Waals surface area contributed by atoms with E-state index >= 15 is 0 Å². The van der Waals surface area contributed by atoms with Gasteiger partial charge in [-0.25, -0.2) is 26.3 Å². The molecule has 0 fully saturated rings. The minimum Gasteiger partial charge on any atom is -0.206 e. The number of benzene rings is 2. The van der Waals surface area contributed by atoms with Crippen molar-refractivity contribution in [3.63, 3.8) is 0 Å². The van der Waals surface area contributed by atoms with Crippen molar-refractivity contribution in [2.24, 2.45) is 0 Å². The van der Waals surface area contributed by atoms with Gasteiger partial charge in [0.1, 0.15) is 5.82 Å². The molecular weight excluding hydrogens is 246 g/mol. The molecule has 0 unspecified atom stereocenters. The summed E-state index contributed by atoms with van der Waals surface area (Å²) in [5.41, 5.74) is -0.812. The molecule has 0 aliphatic rings. The molecule has 0 bridgehead atoms. The average Bonchev–Trinajstić information content (AvgIpc) is 2.30. The largest absolute Gasteiger partial charge is 0.206 e. The van der Waals surface area contributed by atoms with Gasteiger partial charge in [0.2, 0.25) is 0 Å². The normalized spacial score (nSPS) is 11.2. The monoisotopic (exact) mass is 249 g/mol. The quantitative estimate of drug-likeness (QED) is 0.378. The third-order valence-electron chi connectivity index (χ3n) is 2.38. The van der Waals surface area contributed by atoms with Crippen LogP contribution in [0.25, 0.3) is 10.8 Å². The van der Waals surface area contributed by atoms with E-state index in [0.717, 1.165) is 6.92 Å². The second-order valence-corrected chi connectivity index (χ2v) is 3.38. The summed E-state index contributed by atoms with van der Waals surface area (Å²) < 4.78 is 78.7.